The molecule has 26 heavy (non-hydrogen) atoms. The van der Waals surface area contributed by atoms with Crippen molar-refractivity contribution in [3.8, 4) is 0 Å². The monoisotopic (exact) mass is 497 g/mol. The quantitative estimate of drug-likeness (QED) is 0.224. The average molecular weight is 497 g/mol. The zero-order chi connectivity index (χ0) is 17.9. The average Bonchev–Trinajstić information content (AvgIpc) is 3.27. The number of anilines is 1. The standard InChI is InChI=1S/C17H31N5O2S.HI/c1-4-18-16(20-10-15-13-25-17(21-15)22(2)3)19-7-5-8-23-11-14-6-9-24-12-14;/h13-14H,4-12H2,1-3H3,(H2,18,19,20);1H. The molecule has 0 aliphatic carbocycles. The molecule has 1 fully saturated rings. The molecular weight excluding hydrogens is 465 g/mol. The van der Waals surface area contributed by atoms with Gasteiger partial charge in [-0.05, 0) is 19.8 Å². The second-order valence-electron chi connectivity index (χ2n) is 6.30. The lowest BCUT2D eigenvalue weighted by molar-refractivity contribution is 0.0888. The Morgan fingerprint density at radius 2 is 2.31 bits per heavy atom. The molecule has 7 nitrogen and oxygen atoms in total. The number of rotatable bonds is 10. The van der Waals surface area contributed by atoms with E-state index >= 15 is 0 Å². The van der Waals surface area contributed by atoms with E-state index in [0.29, 0.717) is 12.5 Å². The van der Waals surface area contributed by atoms with E-state index in [9.17, 15) is 0 Å². The Labute approximate surface area is 178 Å². The van der Waals surface area contributed by atoms with Crippen LogP contribution in [0.15, 0.2) is 10.4 Å². The smallest absolute Gasteiger partial charge is 0.191 e. The zero-order valence-corrected chi connectivity index (χ0v) is 19.1. The predicted octanol–water partition coefficient (Wildman–Crippen LogP) is 2.33. The van der Waals surface area contributed by atoms with Crippen LogP contribution in [0.3, 0.4) is 0 Å². The van der Waals surface area contributed by atoms with Crippen molar-refractivity contribution in [1.82, 2.24) is 15.6 Å². The molecule has 9 heteroatoms. The van der Waals surface area contributed by atoms with Gasteiger partial charge in [0, 0.05) is 51.7 Å². The maximum Gasteiger partial charge on any atom is 0.191 e. The third-order valence-electron chi connectivity index (χ3n) is 3.80. The van der Waals surface area contributed by atoms with Crippen molar-refractivity contribution >= 4 is 46.4 Å². The number of ether oxygens (including phenoxy) is 2. The van der Waals surface area contributed by atoms with Gasteiger partial charge in [0.05, 0.1) is 25.5 Å². The summed E-state index contributed by atoms with van der Waals surface area (Å²) in [5.74, 6) is 1.41. The van der Waals surface area contributed by atoms with Crippen molar-refractivity contribution in [3.05, 3.63) is 11.1 Å². The second-order valence-corrected chi connectivity index (χ2v) is 7.13. The number of nitrogens with zero attached hydrogens (tertiary/aromatic N) is 3. The van der Waals surface area contributed by atoms with Gasteiger partial charge in [-0.2, -0.15) is 0 Å². The van der Waals surface area contributed by atoms with Crippen LogP contribution in [0.5, 0.6) is 0 Å². The number of halogens is 1. The number of nitrogens with one attached hydrogen (secondary N) is 2. The summed E-state index contributed by atoms with van der Waals surface area (Å²) in [6.45, 7) is 7.63. The first-order valence-electron chi connectivity index (χ1n) is 8.98. The normalized spacial score (nSPS) is 17.0. The summed E-state index contributed by atoms with van der Waals surface area (Å²) >= 11 is 1.64. The van der Waals surface area contributed by atoms with E-state index in [1.165, 1.54) is 0 Å². The van der Waals surface area contributed by atoms with Crippen molar-refractivity contribution in [2.45, 2.75) is 26.3 Å². The van der Waals surface area contributed by atoms with Crippen LogP contribution in [-0.2, 0) is 16.0 Å². The van der Waals surface area contributed by atoms with E-state index in [-0.39, 0.29) is 24.0 Å². The largest absolute Gasteiger partial charge is 0.381 e. The molecule has 1 atom stereocenters. The van der Waals surface area contributed by atoms with Crippen LogP contribution >= 0.6 is 35.3 Å². The SMILES string of the molecule is CCNC(=NCc1csc(N(C)C)n1)NCCCOCC1CCOC1.I. The number of aromatic nitrogens is 1. The van der Waals surface area contributed by atoms with Crippen molar-refractivity contribution in [3.63, 3.8) is 0 Å². The summed E-state index contributed by atoms with van der Waals surface area (Å²) in [7, 11) is 4.00. The molecule has 0 radical (unpaired) electrons. The Morgan fingerprint density at radius 1 is 1.46 bits per heavy atom. The van der Waals surface area contributed by atoms with Crippen LogP contribution in [0.2, 0.25) is 0 Å². The molecule has 0 saturated carbocycles. The molecule has 1 unspecified atom stereocenters. The van der Waals surface area contributed by atoms with Gasteiger partial charge in [0.15, 0.2) is 11.1 Å². The molecule has 1 aromatic heterocycles. The molecule has 1 aliphatic heterocycles. The Kier molecular flexibility index (Phi) is 12.2. The van der Waals surface area contributed by atoms with E-state index in [0.717, 1.165) is 69.1 Å². The number of hydrogen-bond acceptors (Lipinski definition) is 6. The van der Waals surface area contributed by atoms with Crippen LogP contribution in [0, 0.1) is 5.92 Å². The van der Waals surface area contributed by atoms with Gasteiger partial charge >= 0.3 is 0 Å². The highest BCUT2D eigenvalue weighted by Crippen LogP contribution is 2.18. The molecule has 1 aliphatic rings. The van der Waals surface area contributed by atoms with Gasteiger partial charge in [-0.1, -0.05) is 0 Å². The van der Waals surface area contributed by atoms with Crippen molar-refractivity contribution in [1.29, 1.82) is 0 Å². The van der Waals surface area contributed by atoms with Crippen LogP contribution in [0.25, 0.3) is 0 Å². The lowest BCUT2D eigenvalue weighted by Crippen LogP contribution is -2.38. The van der Waals surface area contributed by atoms with Crippen LogP contribution < -0.4 is 15.5 Å². The van der Waals surface area contributed by atoms with Gasteiger partial charge in [0.25, 0.3) is 0 Å². The third kappa shape index (κ3) is 8.83. The van der Waals surface area contributed by atoms with E-state index in [1.54, 1.807) is 11.3 Å². The first kappa shape index (κ1) is 23.4. The van der Waals surface area contributed by atoms with E-state index < -0.39 is 0 Å². The van der Waals surface area contributed by atoms with Gasteiger partial charge < -0.3 is 25.0 Å². The molecule has 2 rings (SSSR count). The fourth-order valence-electron chi connectivity index (χ4n) is 2.42. The molecule has 2 N–H and O–H groups in total. The summed E-state index contributed by atoms with van der Waals surface area (Å²) in [6, 6.07) is 0. The molecule has 0 spiro atoms. The predicted molar refractivity (Wildman–Crippen MR) is 119 cm³/mol. The molecule has 150 valence electrons. The lowest BCUT2D eigenvalue weighted by atomic mass is 10.1. The molecule has 2 heterocycles. The number of guanidine groups is 1. The molecule has 1 aromatic rings. The number of aliphatic imine (C=N–C) groups is 1. The minimum Gasteiger partial charge on any atom is -0.381 e. The van der Waals surface area contributed by atoms with E-state index in [4.69, 9.17) is 9.47 Å². The minimum absolute atomic E-state index is 0. The van der Waals surface area contributed by atoms with Crippen LogP contribution in [0.1, 0.15) is 25.5 Å². The topological polar surface area (TPSA) is 71.0 Å². The van der Waals surface area contributed by atoms with Gasteiger partial charge in [-0.15, -0.1) is 35.3 Å². The number of thiazole rings is 1. The Balaban J connectivity index is 0.00000338. The fraction of sp³-hybridized carbons (Fsp3) is 0.765. The van der Waals surface area contributed by atoms with Crippen molar-refractivity contribution in [2.24, 2.45) is 10.9 Å². The maximum atomic E-state index is 5.72. The Bertz CT molecular complexity index is 521. The molecular formula is C17H32IN5O2S. The van der Waals surface area contributed by atoms with Gasteiger partial charge in [-0.3, -0.25) is 0 Å². The first-order valence-corrected chi connectivity index (χ1v) is 9.86. The third-order valence-corrected chi connectivity index (χ3v) is 4.86. The lowest BCUT2D eigenvalue weighted by Gasteiger charge is -2.12. The van der Waals surface area contributed by atoms with Crippen molar-refractivity contribution in [2.75, 3.05) is 58.5 Å². The minimum atomic E-state index is 0. The zero-order valence-electron chi connectivity index (χ0n) is 16.0. The fourth-order valence-corrected chi connectivity index (χ4v) is 3.17. The van der Waals surface area contributed by atoms with E-state index in [2.05, 4.69) is 32.9 Å². The summed E-state index contributed by atoms with van der Waals surface area (Å²) in [6.07, 6.45) is 2.08. The highest BCUT2D eigenvalue weighted by molar-refractivity contribution is 14.0. The summed E-state index contributed by atoms with van der Waals surface area (Å²) in [5.41, 5.74) is 0.994. The molecule has 0 bridgehead atoms. The van der Waals surface area contributed by atoms with Crippen molar-refractivity contribution < 1.29 is 9.47 Å². The summed E-state index contributed by atoms with van der Waals surface area (Å²) < 4.78 is 11.1. The highest BCUT2D eigenvalue weighted by atomic mass is 127. The second kappa shape index (κ2) is 13.5. The summed E-state index contributed by atoms with van der Waals surface area (Å²) in [4.78, 5) is 11.2. The first-order chi connectivity index (χ1) is 12.2. The highest BCUT2D eigenvalue weighted by Gasteiger charge is 2.15. The number of hydrogen-bond donors (Lipinski definition) is 2. The van der Waals surface area contributed by atoms with Crippen LogP contribution in [0.4, 0.5) is 5.13 Å². The molecule has 0 amide bonds. The van der Waals surface area contributed by atoms with E-state index in [1.807, 2.05) is 19.0 Å². The Hall–Kier alpha value is -0.650. The van der Waals surface area contributed by atoms with Gasteiger partial charge in [0.1, 0.15) is 0 Å². The van der Waals surface area contributed by atoms with Gasteiger partial charge in [0.2, 0.25) is 0 Å². The maximum absolute atomic E-state index is 5.72. The Morgan fingerprint density at radius 3 is 2.96 bits per heavy atom. The molecule has 1 saturated heterocycles. The van der Waals surface area contributed by atoms with Gasteiger partial charge in [-0.25, -0.2) is 9.98 Å². The molecule has 0 aromatic carbocycles. The summed E-state index contributed by atoms with van der Waals surface area (Å²) in [5, 5.41) is 9.68. The van der Waals surface area contributed by atoms with Crippen LogP contribution in [-0.4, -0.2) is 64.6 Å².